The van der Waals surface area contributed by atoms with Gasteiger partial charge in [-0.3, -0.25) is 0 Å². The third-order valence-electron chi connectivity index (χ3n) is 7.70. The van der Waals surface area contributed by atoms with Gasteiger partial charge in [-0.1, -0.05) is 54.6 Å². The Labute approximate surface area is 226 Å². The van der Waals surface area contributed by atoms with Gasteiger partial charge in [-0.25, -0.2) is 18.0 Å². The lowest BCUT2D eigenvalue weighted by atomic mass is 9.77. The van der Waals surface area contributed by atoms with Gasteiger partial charge in [-0.05, 0) is 61.5 Å². The molecule has 3 aromatic carbocycles. The summed E-state index contributed by atoms with van der Waals surface area (Å²) in [7, 11) is -0.991. The summed E-state index contributed by atoms with van der Waals surface area (Å²) < 4.78 is 60.0. The molecule has 5 nitrogen and oxygen atoms in total. The maximum atomic E-state index is 14.5. The zero-order valence-electron chi connectivity index (χ0n) is 22.2. The van der Waals surface area contributed by atoms with Crippen molar-refractivity contribution in [1.29, 1.82) is 0 Å². The van der Waals surface area contributed by atoms with Gasteiger partial charge in [0.15, 0.2) is 11.6 Å². The second kappa shape index (κ2) is 10.2. The molecule has 1 N–H and O–H groups in total. The molecular formula is C30H29BF3NO4. The molecule has 1 aliphatic carbocycles. The third kappa shape index (κ3) is 5.21. The smallest absolute Gasteiger partial charge is 0.449 e. The van der Waals surface area contributed by atoms with Crippen LogP contribution in [-0.2, 0) is 14.0 Å². The number of hydrogen-bond donors (Lipinski definition) is 1. The van der Waals surface area contributed by atoms with E-state index in [1.807, 2.05) is 76.2 Å². The van der Waals surface area contributed by atoms with E-state index in [0.717, 1.165) is 28.3 Å². The first-order chi connectivity index (χ1) is 18.5. The molecule has 5 rings (SSSR count). The molecule has 3 aromatic rings. The summed E-state index contributed by atoms with van der Waals surface area (Å²) in [5.41, 5.74) is 2.85. The minimum atomic E-state index is -1.32. The van der Waals surface area contributed by atoms with Crippen molar-refractivity contribution in [3.05, 3.63) is 100 Å². The molecule has 1 fully saturated rings. The van der Waals surface area contributed by atoms with Crippen LogP contribution in [0.5, 0.6) is 0 Å². The Balaban J connectivity index is 1.33. The highest BCUT2D eigenvalue weighted by atomic mass is 19.2. The van der Waals surface area contributed by atoms with E-state index in [1.54, 1.807) is 0 Å². The minimum absolute atomic E-state index is 0.110. The van der Waals surface area contributed by atoms with Crippen LogP contribution in [0, 0.1) is 17.5 Å². The number of halogens is 3. The first-order valence-corrected chi connectivity index (χ1v) is 12.8. The van der Waals surface area contributed by atoms with Gasteiger partial charge in [0.05, 0.1) is 11.2 Å². The molecule has 0 radical (unpaired) electrons. The number of benzene rings is 3. The Morgan fingerprint density at radius 2 is 1.51 bits per heavy atom. The Morgan fingerprint density at radius 1 is 0.949 bits per heavy atom. The van der Waals surface area contributed by atoms with Crippen molar-refractivity contribution >= 4 is 19.3 Å². The first kappa shape index (κ1) is 27.0. The van der Waals surface area contributed by atoms with E-state index in [-0.39, 0.29) is 30.1 Å². The summed E-state index contributed by atoms with van der Waals surface area (Å²) >= 11 is 0. The van der Waals surface area contributed by atoms with Crippen LogP contribution >= 0.6 is 0 Å². The minimum Gasteiger partial charge on any atom is -0.449 e. The zero-order valence-corrected chi connectivity index (χ0v) is 22.2. The summed E-state index contributed by atoms with van der Waals surface area (Å²) in [6.45, 7) is 7.31. The molecule has 0 saturated carbocycles. The molecule has 0 aromatic heterocycles. The Hall–Kier alpha value is -3.56. The summed E-state index contributed by atoms with van der Waals surface area (Å²) in [6.07, 6.45) is 0.526. The van der Waals surface area contributed by atoms with E-state index in [4.69, 9.17) is 14.0 Å². The number of hydrogen-bond acceptors (Lipinski definition) is 4. The molecule has 0 unspecified atom stereocenters. The molecule has 1 heterocycles. The van der Waals surface area contributed by atoms with Crippen molar-refractivity contribution in [2.24, 2.45) is 0 Å². The van der Waals surface area contributed by atoms with Crippen LogP contribution in [0.1, 0.15) is 50.3 Å². The van der Waals surface area contributed by atoms with Crippen molar-refractivity contribution in [3.63, 3.8) is 0 Å². The second-order valence-corrected chi connectivity index (χ2v) is 10.8. The monoisotopic (exact) mass is 535 g/mol. The van der Waals surface area contributed by atoms with Crippen LogP contribution in [0.2, 0.25) is 0 Å². The Kier molecular flexibility index (Phi) is 7.07. The molecule has 39 heavy (non-hydrogen) atoms. The predicted octanol–water partition coefficient (Wildman–Crippen LogP) is 6.66. The molecule has 0 bridgehead atoms. The number of rotatable bonds is 6. The van der Waals surface area contributed by atoms with Crippen LogP contribution < -0.4 is 5.32 Å². The van der Waals surface area contributed by atoms with Crippen LogP contribution in [-0.4, -0.2) is 37.6 Å². The van der Waals surface area contributed by atoms with Gasteiger partial charge in [0, 0.05) is 24.1 Å². The number of carbonyl (C=O) groups excluding carboxylic acids is 1. The molecule has 2 aliphatic rings. The number of ether oxygens (including phenoxy) is 1. The topological polar surface area (TPSA) is 56.8 Å². The largest absolute Gasteiger partial charge is 0.492 e. The standard InChI is InChI=1S/C30H29BF3NO4/c1-29(2)30(3,4)39-31(38-29)19(13-18-14-20(32)15-26(33)27(18)34)16-35-28(36)37-17-25-23-11-7-5-9-21(23)22-10-6-8-12-24(22)25/h5-15,25H,16-17H2,1-4H3,(H,35,36). The molecule has 0 spiro atoms. The summed E-state index contributed by atoms with van der Waals surface area (Å²) in [5, 5.41) is 2.66. The number of nitrogens with one attached hydrogen (secondary N) is 1. The number of fused-ring (bicyclic) bond motifs is 3. The van der Waals surface area contributed by atoms with E-state index in [2.05, 4.69) is 5.32 Å². The van der Waals surface area contributed by atoms with Gasteiger partial charge < -0.3 is 19.4 Å². The highest BCUT2D eigenvalue weighted by molar-refractivity contribution is 6.56. The van der Waals surface area contributed by atoms with E-state index in [0.29, 0.717) is 6.07 Å². The van der Waals surface area contributed by atoms with Gasteiger partial charge in [0.25, 0.3) is 0 Å². The maximum Gasteiger partial charge on any atom is 0.492 e. The average Bonchev–Trinajstić information content (AvgIpc) is 3.32. The van der Waals surface area contributed by atoms with Crippen LogP contribution in [0.4, 0.5) is 18.0 Å². The highest BCUT2D eigenvalue weighted by Crippen LogP contribution is 2.44. The summed E-state index contributed by atoms with van der Waals surface area (Å²) in [6, 6.07) is 17.3. The quantitative estimate of drug-likeness (QED) is 0.284. The molecule has 1 saturated heterocycles. The molecule has 1 aliphatic heterocycles. The lowest BCUT2D eigenvalue weighted by molar-refractivity contribution is 0.00578. The van der Waals surface area contributed by atoms with E-state index in [9.17, 15) is 18.0 Å². The average molecular weight is 535 g/mol. The van der Waals surface area contributed by atoms with Crippen molar-refractivity contribution in [2.75, 3.05) is 13.2 Å². The van der Waals surface area contributed by atoms with E-state index < -0.39 is 41.9 Å². The first-order valence-electron chi connectivity index (χ1n) is 12.8. The molecule has 0 atom stereocenters. The lowest BCUT2D eigenvalue weighted by Gasteiger charge is -2.32. The lowest BCUT2D eigenvalue weighted by Crippen LogP contribution is -2.41. The van der Waals surface area contributed by atoms with Crippen molar-refractivity contribution in [2.45, 2.75) is 44.8 Å². The van der Waals surface area contributed by atoms with Crippen LogP contribution in [0.3, 0.4) is 0 Å². The third-order valence-corrected chi connectivity index (χ3v) is 7.70. The Morgan fingerprint density at radius 3 is 2.10 bits per heavy atom. The van der Waals surface area contributed by atoms with Crippen LogP contribution in [0.25, 0.3) is 17.2 Å². The predicted molar refractivity (Wildman–Crippen MR) is 143 cm³/mol. The fourth-order valence-electron chi connectivity index (χ4n) is 4.90. The maximum absolute atomic E-state index is 14.5. The van der Waals surface area contributed by atoms with Crippen molar-refractivity contribution in [1.82, 2.24) is 5.32 Å². The van der Waals surface area contributed by atoms with E-state index >= 15 is 0 Å². The number of alkyl carbamates (subject to hydrolysis) is 1. The SMILES string of the molecule is CC1(C)OB(C(=Cc2cc(F)cc(F)c2F)CNC(=O)OCC2c3ccccc3-c3ccccc32)OC1(C)C. The second-order valence-electron chi connectivity index (χ2n) is 10.8. The molecular weight excluding hydrogens is 506 g/mol. The van der Waals surface area contributed by atoms with Crippen molar-refractivity contribution in [3.8, 4) is 11.1 Å². The fraction of sp³-hybridized carbons (Fsp3) is 0.300. The number of amides is 1. The normalized spacial score (nSPS) is 17.6. The fourth-order valence-corrected chi connectivity index (χ4v) is 4.90. The van der Waals surface area contributed by atoms with Gasteiger partial charge in [-0.2, -0.15) is 0 Å². The van der Waals surface area contributed by atoms with E-state index in [1.165, 1.54) is 6.08 Å². The molecule has 9 heteroatoms. The highest BCUT2D eigenvalue weighted by Gasteiger charge is 2.52. The Bertz CT molecular complexity index is 1390. The summed E-state index contributed by atoms with van der Waals surface area (Å²) in [4.78, 5) is 12.8. The number of carbonyl (C=O) groups is 1. The zero-order chi connectivity index (χ0) is 27.9. The van der Waals surface area contributed by atoms with Gasteiger partial charge >= 0.3 is 13.2 Å². The van der Waals surface area contributed by atoms with Crippen molar-refractivity contribution < 1.29 is 32.0 Å². The summed E-state index contributed by atoms with van der Waals surface area (Å²) in [5.74, 6) is -3.59. The van der Waals surface area contributed by atoms with Gasteiger partial charge in [0.2, 0.25) is 0 Å². The van der Waals surface area contributed by atoms with Gasteiger partial charge in [-0.15, -0.1) is 0 Å². The van der Waals surface area contributed by atoms with Gasteiger partial charge in [0.1, 0.15) is 12.4 Å². The van der Waals surface area contributed by atoms with Crippen LogP contribution in [0.15, 0.2) is 66.1 Å². The molecule has 1 amide bonds. The molecule has 202 valence electrons.